The van der Waals surface area contributed by atoms with E-state index in [-0.39, 0.29) is 12.2 Å². The lowest BCUT2D eigenvalue weighted by atomic mass is 10.0. The molecular weight excluding hydrogens is 275 g/mol. The van der Waals surface area contributed by atoms with E-state index in [0.717, 1.165) is 0 Å². The van der Waals surface area contributed by atoms with Gasteiger partial charge in [0.25, 0.3) is 0 Å². The van der Waals surface area contributed by atoms with Gasteiger partial charge in [0.1, 0.15) is 5.82 Å². The number of halogens is 2. The van der Waals surface area contributed by atoms with Gasteiger partial charge in [-0.05, 0) is 40.0 Å². The van der Waals surface area contributed by atoms with Crippen LogP contribution in [0.2, 0.25) is 0 Å². The summed E-state index contributed by atoms with van der Waals surface area (Å²) in [5.74, 6) is -0.373. The van der Waals surface area contributed by atoms with Gasteiger partial charge in [-0.3, -0.25) is 0 Å². The average Bonchev–Trinajstić information content (AvgIpc) is 2.22. The third-order valence-electron chi connectivity index (χ3n) is 2.26. The maximum Gasteiger partial charge on any atom is 0.137 e. The Morgan fingerprint density at radius 3 is 2.69 bits per heavy atom. The molecule has 1 aromatic rings. The highest BCUT2D eigenvalue weighted by Gasteiger charge is 2.14. The molecule has 2 unspecified atom stereocenters. The van der Waals surface area contributed by atoms with E-state index in [4.69, 9.17) is 0 Å². The number of rotatable bonds is 5. The lowest BCUT2D eigenvalue weighted by molar-refractivity contribution is 0.0822. The Hall–Kier alpha value is -0.710. The number of hydrogen-bond acceptors (Lipinski definition) is 2. The van der Waals surface area contributed by atoms with Gasteiger partial charge in [0, 0.05) is 6.42 Å². The van der Waals surface area contributed by atoms with Gasteiger partial charge in [-0.15, -0.1) is 6.58 Å². The van der Waals surface area contributed by atoms with Crippen LogP contribution in [0.25, 0.3) is 0 Å². The molecule has 0 saturated carbocycles. The summed E-state index contributed by atoms with van der Waals surface area (Å²) in [4.78, 5) is 0. The second kappa shape index (κ2) is 6.13. The van der Waals surface area contributed by atoms with Crippen LogP contribution in [0.3, 0.4) is 0 Å². The molecule has 16 heavy (non-hydrogen) atoms. The third-order valence-corrected chi connectivity index (χ3v) is 2.87. The van der Waals surface area contributed by atoms with Crippen LogP contribution in [-0.2, 0) is 0 Å². The van der Waals surface area contributed by atoms with E-state index in [0.29, 0.717) is 16.5 Å². The zero-order chi connectivity index (χ0) is 12.1. The zero-order valence-corrected chi connectivity index (χ0v) is 10.3. The molecule has 0 bridgehead atoms. The molecule has 0 aliphatic carbocycles. The van der Waals surface area contributed by atoms with E-state index in [9.17, 15) is 14.6 Å². The topological polar surface area (TPSA) is 40.5 Å². The van der Waals surface area contributed by atoms with Gasteiger partial charge >= 0.3 is 0 Å². The highest BCUT2D eigenvalue weighted by Crippen LogP contribution is 2.24. The number of hydrogen-bond donors (Lipinski definition) is 2. The van der Waals surface area contributed by atoms with E-state index >= 15 is 0 Å². The first kappa shape index (κ1) is 13.4. The molecule has 0 spiro atoms. The van der Waals surface area contributed by atoms with Gasteiger partial charge < -0.3 is 10.2 Å². The second-order valence-corrected chi connectivity index (χ2v) is 4.46. The summed E-state index contributed by atoms with van der Waals surface area (Å²) in [7, 11) is 0. The van der Waals surface area contributed by atoms with Crippen molar-refractivity contribution in [2.45, 2.75) is 25.0 Å². The molecule has 4 heteroatoms. The van der Waals surface area contributed by atoms with Crippen LogP contribution in [0.15, 0.2) is 35.3 Å². The van der Waals surface area contributed by atoms with Gasteiger partial charge in [0.05, 0.1) is 16.7 Å². The minimum Gasteiger partial charge on any atom is -0.393 e. The van der Waals surface area contributed by atoms with E-state index in [1.165, 1.54) is 18.2 Å². The molecule has 0 aliphatic heterocycles. The van der Waals surface area contributed by atoms with Crippen LogP contribution in [0.5, 0.6) is 0 Å². The highest BCUT2D eigenvalue weighted by molar-refractivity contribution is 9.10. The normalized spacial score (nSPS) is 14.5. The molecule has 1 aromatic carbocycles. The van der Waals surface area contributed by atoms with Crippen LogP contribution in [-0.4, -0.2) is 16.3 Å². The monoisotopic (exact) mass is 288 g/mol. The molecule has 0 radical (unpaired) electrons. The summed E-state index contributed by atoms with van der Waals surface area (Å²) < 4.78 is 13.3. The molecule has 0 fully saturated rings. The summed E-state index contributed by atoms with van der Waals surface area (Å²) >= 11 is 3.05. The van der Waals surface area contributed by atoms with Gasteiger partial charge in [0.15, 0.2) is 0 Å². The van der Waals surface area contributed by atoms with Crippen molar-refractivity contribution in [3.63, 3.8) is 0 Å². The Bertz CT molecular complexity index is 368. The van der Waals surface area contributed by atoms with Crippen molar-refractivity contribution in [3.05, 3.63) is 46.7 Å². The van der Waals surface area contributed by atoms with Crippen molar-refractivity contribution in [3.8, 4) is 0 Å². The summed E-state index contributed by atoms with van der Waals surface area (Å²) in [5, 5.41) is 19.3. The van der Waals surface area contributed by atoms with Crippen molar-refractivity contribution in [1.29, 1.82) is 0 Å². The Labute approximate surface area is 103 Å². The molecule has 2 atom stereocenters. The minimum atomic E-state index is -0.799. The number of aliphatic hydroxyl groups excluding tert-OH is 2. The van der Waals surface area contributed by atoms with E-state index in [1.54, 1.807) is 6.08 Å². The average molecular weight is 289 g/mol. The van der Waals surface area contributed by atoms with Gasteiger partial charge in [-0.25, -0.2) is 4.39 Å². The smallest absolute Gasteiger partial charge is 0.137 e. The number of benzene rings is 1. The maximum absolute atomic E-state index is 13.0. The van der Waals surface area contributed by atoms with Crippen molar-refractivity contribution in [2.24, 2.45) is 0 Å². The van der Waals surface area contributed by atoms with Gasteiger partial charge in [0.2, 0.25) is 0 Å². The van der Waals surface area contributed by atoms with Crippen LogP contribution >= 0.6 is 15.9 Å². The summed E-state index contributed by atoms with van der Waals surface area (Å²) in [5.41, 5.74) is 0.580. The van der Waals surface area contributed by atoms with E-state index < -0.39 is 12.2 Å². The fourth-order valence-electron chi connectivity index (χ4n) is 1.40. The molecule has 0 aromatic heterocycles. The Kier molecular flexibility index (Phi) is 5.12. The van der Waals surface area contributed by atoms with Crippen molar-refractivity contribution in [1.82, 2.24) is 0 Å². The van der Waals surface area contributed by atoms with Crippen molar-refractivity contribution < 1.29 is 14.6 Å². The highest BCUT2D eigenvalue weighted by atomic mass is 79.9. The SMILES string of the molecule is C=CCC(O)CC(O)c1ccc(F)c(Br)c1. The fourth-order valence-corrected chi connectivity index (χ4v) is 1.80. The third kappa shape index (κ3) is 3.70. The Morgan fingerprint density at radius 2 is 2.12 bits per heavy atom. The van der Waals surface area contributed by atoms with Crippen LogP contribution < -0.4 is 0 Å². The molecule has 1 rings (SSSR count). The minimum absolute atomic E-state index is 0.212. The lowest BCUT2D eigenvalue weighted by Crippen LogP contribution is -2.11. The zero-order valence-electron chi connectivity index (χ0n) is 8.74. The van der Waals surface area contributed by atoms with Crippen LogP contribution in [0.4, 0.5) is 4.39 Å². The molecule has 2 nitrogen and oxygen atoms in total. The van der Waals surface area contributed by atoms with E-state index in [2.05, 4.69) is 22.5 Å². The summed E-state index contributed by atoms with van der Waals surface area (Å²) in [6.45, 7) is 3.51. The Morgan fingerprint density at radius 1 is 1.44 bits per heavy atom. The number of aliphatic hydroxyl groups is 2. The standard InChI is InChI=1S/C12H14BrFO2/c1-2-3-9(15)7-12(16)8-4-5-11(14)10(13)6-8/h2,4-6,9,12,15-16H,1,3,7H2. The molecule has 0 aliphatic rings. The molecule has 0 amide bonds. The molecule has 2 N–H and O–H groups in total. The van der Waals surface area contributed by atoms with Gasteiger partial charge in [-0.2, -0.15) is 0 Å². The van der Waals surface area contributed by atoms with E-state index in [1.807, 2.05) is 0 Å². The molecule has 88 valence electrons. The quantitative estimate of drug-likeness (QED) is 0.818. The molecule has 0 saturated heterocycles. The predicted molar refractivity (Wildman–Crippen MR) is 64.5 cm³/mol. The van der Waals surface area contributed by atoms with Crippen molar-refractivity contribution in [2.75, 3.05) is 0 Å². The fraction of sp³-hybridized carbons (Fsp3) is 0.333. The molecule has 0 heterocycles. The summed E-state index contributed by atoms with van der Waals surface area (Å²) in [6, 6.07) is 4.30. The predicted octanol–water partition coefficient (Wildman–Crippen LogP) is 2.95. The lowest BCUT2D eigenvalue weighted by Gasteiger charge is -2.15. The van der Waals surface area contributed by atoms with Crippen LogP contribution in [0, 0.1) is 5.82 Å². The van der Waals surface area contributed by atoms with Crippen molar-refractivity contribution >= 4 is 15.9 Å². The largest absolute Gasteiger partial charge is 0.393 e. The first-order valence-corrected chi connectivity index (χ1v) is 5.76. The summed E-state index contributed by atoms with van der Waals surface area (Å²) in [6.07, 6.45) is 0.810. The van der Waals surface area contributed by atoms with Crippen LogP contribution in [0.1, 0.15) is 24.5 Å². The Balaban J connectivity index is 2.68. The second-order valence-electron chi connectivity index (χ2n) is 3.60. The first-order chi connectivity index (χ1) is 7.54. The van der Waals surface area contributed by atoms with Gasteiger partial charge in [-0.1, -0.05) is 12.1 Å². The first-order valence-electron chi connectivity index (χ1n) is 4.96. The molecular formula is C12H14BrFO2. The maximum atomic E-state index is 13.0.